The predicted octanol–water partition coefficient (Wildman–Crippen LogP) is -2.25. The quantitative estimate of drug-likeness (QED) is 0.270. The maximum Gasteiger partial charge on any atom is 3.00 e. The minimum atomic E-state index is 0. The number of halogens is 3. The number of nitrogens with zero attached hydrogens (tertiary/aromatic N) is 3. The van der Waals surface area contributed by atoms with Crippen LogP contribution in [0.2, 0.25) is 0 Å². The van der Waals surface area contributed by atoms with Crippen molar-refractivity contribution in [3.05, 3.63) is 86.7 Å². The summed E-state index contributed by atoms with van der Waals surface area (Å²) in [5, 5.41) is 0. The van der Waals surface area contributed by atoms with Crippen molar-refractivity contribution in [3.8, 4) is 0 Å². The molecule has 0 saturated heterocycles. The van der Waals surface area contributed by atoms with Gasteiger partial charge in [0.25, 0.3) is 0 Å². The number of aryl methyl sites for hydroxylation is 7. The number of hydrogen-bond acceptors (Lipinski definition) is 3. The van der Waals surface area contributed by atoms with Gasteiger partial charge in [-0.3, -0.25) is 9.98 Å². The van der Waals surface area contributed by atoms with E-state index in [4.69, 9.17) is 15.0 Å². The molecule has 0 aliphatic carbocycles. The van der Waals surface area contributed by atoms with Crippen molar-refractivity contribution in [2.24, 2.45) is 9.98 Å². The molecule has 0 bridgehead atoms. The molecule has 177 valence electrons. The van der Waals surface area contributed by atoms with Crippen molar-refractivity contribution in [2.75, 3.05) is 0 Å². The number of aliphatic imine (C=N–C) groups is 2. The summed E-state index contributed by atoms with van der Waals surface area (Å²) in [6, 6.07) is 12.7. The van der Waals surface area contributed by atoms with Crippen molar-refractivity contribution < 1.29 is 54.3 Å². The van der Waals surface area contributed by atoms with Crippen molar-refractivity contribution in [3.63, 3.8) is 0 Å². The number of pyridine rings is 1. The van der Waals surface area contributed by atoms with Gasteiger partial charge in [-0.2, -0.15) is 0 Å². The second-order valence-corrected chi connectivity index (χ2v) is 8.01. The van der Waals surface area contributed by atoms with Crippen LogP contribution >= 0.6 is 0 Å². The van der Waals surface area contributed by atoms with E-state index in [9.17, 15) is 0 Å². The zero-order chi connectivity index (χ0) is 21.1. The fraction of sp³-hybridized carbons (Fsp3) is 0.269. The molecule has 3 nitrogen and oxygen atoms in total. The smallest absolute Gasteiger partial charge is 1.00 e. The zero-order valence-corrected chi connectivity index (χ0v) is 23.3. The largest absolute Gasteiger partial charge is 3.00 e. The summed E-state index contributed by atoms with van der Waals surface area (Å²) in [6.07, 6.45) is 3.69. The van der Waals surface area contributed by atoms with Gasteiger partial charge in [-0.15, -0.1) is 0 Å². The Kier molecular flexibility index (Phi) is 14.8. The number of aromatic nitrogens is 1. The number of hydrogen-bond donors (Lipinski definition) is 0. The van der Waals surface area contributed by atoms with Crippen molar-refractivity contribution in [1.82, 2.24) is 4.98 Å². The van der Waals surface area contributed by atoms with Crippen molar-refractivity contribution in [2.45, 2.75) is 48.5 Å². The van der Waals surface area contributed by atoms with E-state index in [1.54, 1.807) is 0 Å². The van der Waals surface area contributed by atoms with Gasteiger partial charge >= 0.3 is 17.1 Å². The van der Waals surface area contributed by atoms with E-state index in [0.29, 0.717) is 0 Å². The third-order valence-electron chi connectivity index (χ3n) is 4.93. The molecule has 0 saturated carbocycles. The Bertz CT molecular complexity index is 1010. The minimum absolute atomic E-state index is 0. The van der Waals surface area contributed by atoms with Gasteiger partial charge < -0.3 is 37.2 Å². The first-order valence-electron chi connectivity index (χ1n) is 9.95. The molecule has 0 N–H and O–H groups in total. The standard InChI is InChI=1S/C26H29N3.3ClH.Fe/c1-16-8-19(4)25(20(5)9-16)27-14-23-12-18(3)13-24(29-23)15-28-26-21(6)10-17(2)11-22(26)7;;;;/h8-15H,1-7H3;3*1H;/q;;;;+3/p-3. The van der Waals surface area contributed by atoms with Crippen LogP contribution < -0.4 is 37.2 Å². The topological polar surface area (TPSA) is 37.6 Å². The number of benzene rings is 2. The van der Waals surface area contributed by atoms with Crippen LogP contribution in [0.1, 0.15) is 50.3 Å². The molecule has 3 rings (SSSR count). The average molecular weight is 546 g/mol. The first kappa shape index (κ1) is 33.5. The minimum Gasteiger partial charge on any atom is -1.00 e. The fourth-order valence-corrected chi connectivity index (χ4v) is 3.87. The fourth-order valence-electron chi connectivity index (χ4n) is 3.87. The SMILES string of the molecule is Cc1cc(C=Nc2c(C)cc(C)cc2C)nc(C=Nc2c(C)cc(C)cc2C)c1.[Cl-].[Cl-].[Cl-].[Fe+3]. The van der Waals surface area contributed by atoms with E-state index in [1.807, 2.05) is 24.6 Å². The van der Waals surface area contributed by atoms with E-state index in [0.717, 1.165) is 28.3 Å². The van der Waals surface area contributed by atoms with Gasteiger partial charge in [0, 0.05) is 0 Å². The predicted molar refractivity (Wildman–Crippen MR) is 125 cm³/mol. The van der Waals surface area contributed by atoms with Crippen LogP contribution in [-0.4, -0.2) is 17.4 Å². The molecule has 7 heteroatoms. The second kappa shape index (κ2) is 14.6. The Hall–Kier alpha value is -1.68. The van der Waals surface area contributed by atoms with E-state index in [-0.39, 0.29) is 54.3 Å². The maximum atomic E-state index is 4.72. The zero-order valence-electron chi connectivity index (χ0n) is 19.9. The third kappa shape index (κ3) is 8.88. The summed E-state index contributed by atoms with van der Waals surface area (Å²) in [7, 11) is 0. The molecular formula is C26H29Cl3FeN3. The Morgan fingerprint density at radius 1 is 0.515 bits per heavy atom. The van der Waals surface area contributed by atoms with Crippen LogP contribution in [0.4, 0.5) is 11.4 Å². The van der Waals surface area contributed by atoms with Crippen molar-refractivity contribution in [1.29, 1.82) is 0 Å². The Morgan fingerprint density at radius 3 is 1.09 bits per heavy atom. The van der Waals surface area contributed by atoms with Gasteiger partial charge in [-0.05, 0) is 88.4 Å². The van der Waals surface area contributed by atoms with Crippen LogP contribution in [0.3, 0.4) is 0 Å². The Morgan fingerprint density at radius 2 is 0.788 bits per heavy atom. The molecule has 0 amide bonds. The van der Waals surface area contributed by atoms with Crippen LogP contribution in [-0.2, 0) is 17.1 Å². The van der Waals surface area contributed by atoms with Crippen LogP contribution in [0.25, 0.3) is 0 Å². The summed E-state index contributed by atoms with van der Waals surface area (Å²) in [5.41, 5.74) is 12.1. The van der Waals surface area contributed by atoms with Crippen LogP contribution in [0.15, 0.2) is 46.4 Å². The van der Waals surface area contributed by atoms with Gasteiger partial charge in [-0.1, -0.05) is 35.4 Å². The van der Waals surface area contributed by atoms with E-state index in [2.05, 4.69) is 72.7 Å². The third-order valence-corrected chi connectivity index (χ3v) is 4.93. The molecule has 0 unspecified atom stereocenters. The molecule has 0 fully saturated rings. The van der Waals surface area contributed by atoms with E-state index >= 15 is 0 Å². The van der Waals surface area contributed by atoms with Crippen molar-refractivity contribution >= 4 is 23.8 Å². The normalized spacial score (nSPS) is 10.3. The summed E-state index contributed by atoms with van der Waals surface area (Å²) in [5.74, 6) is 0. The molecule has 2 aromatic carbocycles. The first-order valence-corrected chi connectivity index (χ1v) is 9.95. The van der Waals surface area contributed by atoms with E-state index in [1.165, 1.54) is 33.4 Å². The molecule has 1 aromatic heterocycles. The first-order chi connectivity index (χ1) is 13.7. The average Bonchev–Trinajstić information content (AvgIpc) is 2.59. The maximum absolute atomic E-state index is 4.72. The molecule has 0 aliphatic rings. The summed E-state index contributed by atoms with van der Waals surface area (Å²) >= 11 is 0. The molecule has 1 radical (unpaired) electrons. The molecular weight excluding hydrogens is 517 g/mol. The molecule has 0 spiro atoms. The Labute approximate surface area is 227 Å². The van der Waals surface area contributed by atoms with Gasteiger partial charge in [0.2, 0.25) is 0 Å². The number of rotatable bonds is 4. The van der Waals surface area contributed by atoms with Gasteiger partial charge in [-0.25, -0.2) is 4.98 Å². The summed E-state index contributed by atoms with van der Waals surface area (Å²) < 4.78 is 0. The van der Waals surface area contributed by atoms with Gasteiger partial charge in [0.05, 0.1) is 35.2 Å². The van der Waals surface area contributed by atoms with E-state index < -0.39 is 0 Å². The molecule has 1 heterocycles. The summed E-state index contributed by atoms with van der Waals surface area (Å²) in [4.78, 5) is 14.2. The van der Waals surface area contributed by atoms with Crippen LogP contribution in [0.5, 0.6) is 0 Å². The molecule has 33 heavy (non-hydrogen) atoms. The summed E-state index contributed by atoms with van der Waals surface area (Å²) in [6.45, 7) is 14.7. The van der Waals surface area contributed by atoms with Crippen LogP contribution in [0, 0.1) is 48.5 Å². The molecule has 0 aliphatic heterocycles. The molecule has 0 atom stereocenters. The van der Waals surface area contributed by atoms with Gasteiger partial charge in [0.15, 0.2) is 0 Å². The van der Waals surface area contributed by atoms with Gasteiger partial charge in [0.1, 0.15) is 0 Å². The monoisotopic (exact) mass is 544 g/mol. The Balaban J connectivity index is 0. The molecule has 3 aromatic rings. The second-order valence-electron chi connectivity index (χ2n) is 8.01.